The van der Waals surface area contributed by atoms with Crippen LogP contribution < -0.4 is 5.73 Å². The van der Waals surface area contributed by atoms with E-state index in [9.17, 15) is 9.50 Å². The molecule has 0 bridgehead atoms. The molecule has 0 saturated carbocycles. The topological polar surface area (TPSA) is 66.5 Å². The van der Waals surface area contributed by atoms with E-state index in [4.69, 9.17) is 10.8 Å². The van der Waals surface area contributed by atoms with E-state index in [1.807, 2.05) is 0 Å². The Morgan fingerprint density at radius 1 is 1.50 bits per heavy atom. The molecule has 1 rings (SSSR count). The largest absolute Gasteiger partial charge is 0.508 e. The number of benzene rings is 1. The van der Waals surface area contributed by atoms with Crippen molar-refractivity contribution in [1.82, 2.24) is 0 Å². The number of hydrogen-bond acceptors (Lipinski definition) is 3. The highest BCUT2D eigenvalue weighted by atomic mass is 19.1. The second-order valence-electron chi connectivity index (χ2n) is 3.25. The number of aryl methyl sites for hydroxylation is 1. The van der Waals surface area contributed by atoms with Gasteiger partial charge in [0.25, 0.3) is 0 Å². The minimum atomic E-state index is -0.667. The number of aliphatic hydroxyl groups is 1. The Kier molecular flexibility index (Phi) is 3.43. The molecule has 4 N–H and O–H groups in total. The van der Waals surface area contributed by atoms with Crippen LogP contribution in [0.15, 0.2) is 12.1 Å². The van der Waals surface area contributed by atoms with Gasteiger partial charge in [-0.25, -0.2) is 4.39 Å². The number of hydrogen-bond donors (Lipinski definition) is 3. The van der Waals surface area contributed by atoms with Gasteiger partial charge in [-0.1, -0.05) is 6.07 Å². The molecule has 0 aliphatic rings. The van der Waals surface area contributed by atoms with Crippen LogP contribution >= 0.6 is 0 Å². The normalized spacial score (nSPS) is 12.9. The first kappa shape index (κ1) is 10.9. The third-order valence-electron chi connectivity index (χ3n) is 2.16. The molecule has 0 saturated heterocycles. The fraction of sp³-hybridized carbons (Fsp3) is 0.400. The zero-order valence-corrected chi connectivity index (χ0v) is 8.00. The van der Waals surface area contributed by atoms with Gasteiger partial charge in [-0.2, -0.15) is 0 Å². The van der Waals surface area contributed by atoms with E-state index in [1.165, 1.54) is 12.1 Å². The summed E-state index contributed by atoms with van der Waals surface area (Å²) in [5.74, 6) is -0.653. The summed E-state index contributed by atoms with van der Waals surface area (Å²) in [5.41, 5.74) is 6.13. The number of aromatic hydroxyl groups is 1. The van der Waals surface area contributed by atoms with Crippen LogP contribution in [0.5, 0.6) is 5.75 Å². The van der Waals surface area contributed by atoms with Crippen molar-refractivity contribution in [1.29, 1.82) is 0 Å². The second kappa shape index (κ2) is 4.39. The van der Waals surface area contributed by atoms with Gasteiger partial charge in [0.1, 0.15) is 11.6 Å². The summed E-state index contributed by atoms with van der Waals surface area (Å²) in [6.45, 7) is 1.47. The van der Waals surface area contributed by atoms with E-state index in [2.05, 4.69) is 0 Å². The van der Waals surface area contributed by atoms with Gasteiger partial charge in [0.2, 0.25) is 0 Å². The monoisotopic (exact) mass is 199 g/mol. The number of halogens is 1. The molecule has 0 heterocycles. The van der Waals surface area contributed by atoms with Crippen LogP contribution in [-0.2, 0) is 0 Å². The van der Waals surface area contributed by atoms with E-state index >= 15 is 0 Å². The number of nitrogens with two attached hydrogens (primary N) is 1. The average Bonchev–Trinajstić information content (AvgIpc) is 2.13. The Morgan fingerprint density at radius 2 is 2.14 bits per heavy atom. The fourth-order valence-corrected chi connectivity index (χ4v) is 1.33. The summed E-state index contributed by atoms with van der Waals surface area (Å²) in [6.07, 6.45) is 0.230. The molecule has 3 nitrogen and oxygen atoms in total. The lowest BCUT2D eigenvalue weighted by atomic mass is 10.0. The zero-order valence-electron chi connectivity index (χ0n) is 8.00. The summed E-state index contributed by atoms with van der Waals surface area (Å²) in [4.78, 5) is 0. The molecule has 1 aromatic rings. The van der Waals surface area contributed by atoms with Crippen LogP contribution in [-0.4, -0.2) is 16.8 Å². The summed E-state index contributed by atoms with van der Waals surface area (Å²) in [5, 5.41) is 18.1. The van der Waals surface area contributed by atoms with Crippen molar-refractivity contribution >= 4 is 0 Å². The van der Waals surface area contributed by atoms with Gasteiger partial charge in [0, 0.05) is 18.2 Å². The Labute approximate surface area is 82.0 Å². The minimum absolute atomic E-state index is 0.0825. The molecule has 1 atom stereocenters. The molecule has 0 spiro atoms. The molecule has 14 heavy (non-hydrogen) atoms. The van der Waals surface area contributed by atoms with Crippen molar-refractivity contribution in [3.05, 3.63) is 29.1 Å². The smallest absolute Gasteiger partial charge is 0.134 e. The van der Waals surface area contributed by atoms with Crippen molar-refractivity contribution in [2.45, 2.75) is 19.4 Å². The lowest BCUT2D eigenvalue weighted by Gasteiger charge is -2.14. The van der Waals surface area contributed by atoms with E-state index in [1.54, 1.807) is 6.92 Å². The molecule has 4 heteroatoms. The van der Waals surface area contributed by atoms with Gasteiger partial charge >= 0.3 is 0 Å². The van der Waals surface area contributed by atoms with Crippen molar-refractivity contribution in [2.24, 2.45) is 5.73 Å². The van der Waals surface area contributed by atoms with Crippen molar-refractivity contribution in [3.8, 4) is 5.75 Å². The van der Waals surface area contributed by atoms with Gasteiger partial charge in [0.05, 0.1) is 0 Å². The van der Waals surface area contributed by atoms with Gasteiger partial charge in [-0.15, -0.1) is 0 Å². The van der Waals surface area contributed by atoms with Crippen LogP contribution in [0.4, 0.5) is 4.39 Å². The number of rotatable bonds is 3. The summed E-state index contributed by atoms with van der Waals surface area (Å²) in [6, 6.07) is 2.23. The SMILES string of the molecule is Cc1ccc(O)c(C(N)CCO)c1F. The Balaban J connectivity index is 3.11. The first-order valence-corrected chi connectivity index (χ1v) is 4.42. The highest BCUT2D eigenvalue weighted by Gasteiger charge is 2.17. The Bertz CT molecular complexity index is 328. The molecule has 0 aromatic heterocycles. The maximum atomic E-state index is 13.5. The Hall–Kier alpha value is -1.13. The van der Waals surface area contributed by atoms with Crippen molar-refractivity contribution in [2.75, 3.05) is 6.61 Å². The second-order valence-corrected chi connectivity index (χ2v) is 3.25. The summed E-state index contributed by atoms with van der Waals surface area (Å²) >= 11 is 0. The van der Waals surface area contributed by atoms with E-state index in [-0.39, 0.29) is 24.3 Å². The summed E-state index contributed by atoms with van der Waals surface area (Å²) < 4.78 is 13.5. The quantitative estimate of drug-likeness (QED) is 0.685. The van der Waals surface area contributed by atoms with Crippen LogP contribution in [0.3, 0.4) is 0 Å². The first-order valence-electron chi connectivity index (χ1n) is 4.42. The minimum Gasteiger partial charge on any atom is -0.508 e. The van der Waals surface area contributed by atoms with Gasteiger partial charge in [-0.3, -0.25) is 0 Å². The number of phenolic OH excluding ortho intramolecular Hbond substituents is 1. The maximum absolute atomic E-state index is 13.5. The van der Waals surface area contributed by atoms with E-state index in [0.717, 1.165) is 0 Å². The molecule has 0 fully saturated rings. The zero-order chi connectivity index (χ0) is 10.7. The molecular weight excluding hydrogens is 185 g/mol. The maximum Gasteiger partial charge on any atom is 0.134 e. The molecule has 0 aliphatic carbocycles. The van der Waals surface area contributed by atoms with Gasteiger partial charge in [-0.05, 0) is 25.0 Å². The first-order chi connectivity index (χ1) is 6.57. The van der Waals surface area contributed by atoms with Crippen molar-refractivity contribution in [3.63, 3.8) is 0 Å². The fourth-order valence-electron chi connectivity index (χ4n) is 1.33. The molecular formula is C10H14FNO2. The highest BCUT2D eigenvalue weighted by molar-refractivity contribution is 5.39. The predicted octanol–water partition coefficient (Wildman–Crippen LogP) is 1.22. The molecule has 0 aliphatic heterocycles. The Morgan fingerprint density at radius 3 is 2.71 bits per heavy atom. The lowest BCUT2D eigenvalue weighted by molar-refractivity contribution is 0.274. The van der Waals surface area contributed by atoms with Crippen LogP contribution in [0, 0.1) is 12.7 Å². The molecule has 78 valence electrons. The van der Waals surface area contributed by atoms with Crippen molar-refractivity contribution < 1.29 is 14.6 Å². The highest BCUT2D eigenvalue weighted by Crippen LogP contribution is 2.29. The number of phenols is 1. The van der Waals surface area contributed by atoms with Crippen LogP contribution in [0.1, 0.15) is 23.6 Å². The third kappa shape index (κ3) is 2.02. The molecule has 1 aromatic carbocycles. The van der Waals surface area contributed by atoms with Gasteiger partial charge in [0.15, 0.2) is 0 Å². The standard InChI is InChI=1S/C10H14FNO2/c1-6-2-3-8(14)9(10(6)11)7(12)4-5-13/h2-3,7,13-14H,4-5,12H2,1H3. The molecule has 0 radical (unpaired) electrons. The lowest BCUT2D eigenvalue weighted by Crippen LogP contribution is -2.14. The summed E-state index contributed by atoms with van der Waals surface area (Å²) in [7, 11) is 0. The number of aliphatic hydroxyl groups excluding tert-OH is 1. The predicted molar refractivity (Wildman–Crippen MR) is 51.4 cm³/mol. The van der Waals surface area contributed by atoms with E-state index < -0.39 is 11.9 Å². The molecule has 0 amide bonds. The van der Waals surface area contributed by atoms with Gasteiger partial charge < -0.3 is 15.9 Å². The molecule has 1 unspecified atom stereocenters. The van der Waals surface area contributed by atoms with E-state index in [0.29, 0.717) is 5.56 Å². The average molecular weight is 199 g/mol. The van der Waals surface area contributed by atoms with Crippen LogP contribution in [0.25, 0.3) is 0 Å². The third-order valence-corrected chi connectivity index (χ3v) is 2.16. The van der Waals surface area contributed by atoms with Crippen LogP contribution in [0.2, 0.25) is 0 Å².